The summed E-state index contributed by atoms with van der Waals surface area (Å²) in [5.74, 6) is -0.809. The summed E-state index contributed by atoms with van der Waals surface area (Å²) in [4.78, 5) is 21.5. The van der Waals surface area contributed by atoms with Crippen molar-refractivity contribution in [2.75, 3.05) is 33.0 Å². The molecule has 1 N–H and O–H groups in total. The molecule has 0 aliphatic heterocycles. The van der Waals surface area contributed by atoms with Gasteiger partial charge >= 0.3 is 5.97 Å². The van der Waals surface area contributed by atoms with E-state index >= 15 is 0 Å². The highest BCUT2D eigenvalue weighted by Gasteiger charge is 2.07. The van der Waals surface area contributed by atoms with Crippen molar-refractivity contribution in [1.29, 1.82) is 0 Å². The Morgan fingerprint density at radius 2 is 1.94 bits per heavy atom. The molecule has 0 amide bonds. The van der Waals surface area contributed by atoms with Crippen LogP contribution in [0.2, 0.25) is 0 Å². The molecule has 0 unspecified atom stereocenters. The Labute approximate surface area is 107 Å². The highest BCUT2D eigenvalue weighted by atomic mass is 16.6. The summed E-state index contributed by atoms with van der Waals surface area (Å²) in [6, 6.07) is 0. The van der Waals surface area contributed by atoms with Gasteiger partial charge in [-0.05, 0) is 6.92 Å². The van der Waals surface area contributed by atoms with E-state index in [4.69, 9.17) is 14.2 Å². The number of hydrogen-bond donors (Lipinski definition) is 1. The van der Waals surface area contributed by atoms with Crippen LogP contribution in [0.3, 0.4) is 0 Å². The average Bonchev–Trinajstić information content (AvgIpc) is 2.28. The lowest BCUT2D eigenvalue weighted by atomic mass is 10.3. The Morgan fingerprint density at radius 1 is 1.28 bits per heavy atom. The van der Waals surface area contributed by atoms with E-state index < -0.39 is 12.1 Å². The fourth-order valence-electron chi connectivity index (χ4n) is 1.02. The lowest BCUT2D eigenvalue weighted by Gasteiger charge is -2.11. The van der Waals surface area contributed by atoms with E-state index in [1.54, 1.807) is 6.08 Å². The highest BCUT2D eigenvalue weighted by Crippen LogP contribution is 1.91. The zero-order chi connectivity index (χ0) is 13.8. The maximum Gasteiger partial charge on any atom is 0.313 e. The molecule has 0 aromatic carbocycles. The fourth-order valence-corrected chi connectivity index (χ4v) is 1.02. The van der Waals surface area contributed by atoms with E-state index in [1.807, 2.05) is 0 Å². The number of rotatable bonds is 11. The molecule has 1 atom stereocenters. The van der Waals surface area contributed by atoms with Gasteiger partial charge in [0.05, 0.1) is 26.4 Å². The van der Waals surface area contributed by atoms with Crippen LogP contribution < -0.4 is 0 Å². The van der Waals surface area contributed by atoms with E-state index in [1.165, 1.54) is 6.92 Å². The Bertz CT molecular complexity index is 263. The molecule has 0 radical (unpaired) electrons. The van der Waals surface area contributed by atoms with Gasteiger partial charge in [-0.1, -0.05) is 6.08 Å². The predicted octanol–water partition coefficient (Wildman–Crippen LogP) is 0.0888. The fraction of sp³-hybridized carbons (Fsp3) is 0.667. The van der Waals surface area contributed by atoms with Gasteiger partial charge in [0.1, 0.15) is 24.9 Å². The van der Waals surface area contributed by atoms with Gasteiger partial charge in [-0.3, -0.25) is 9.59 Å². The molecular weight excluding hydrogens is 240 g/mol. The number of ether oxygens (including phenoxy) is 3. The van der Waals surface area contributed by atoms with Crippen LogP contribution in [0.15, 0.2) is 12.7 Å². The van der Waals surface area contributed by atoms with E-state index in [0.717, 1.165) is 0 Å². The van der Waals surface area contributed by atoms with Crippen molar-refractivity contribution in [3.05, 3.63) is 12.7 Å². The minimum absolute atomic E-state index is 0.0619. The van der Waals surface area contributed by atoms with E-state index in [-0.39, 0.29) is 38.6 Å². The van der Waals surface area contributed by atoms with Gasteiger partial charge in [-0.2, -0.15) is 0 Å². The molecule has 0 aromatic rings. The third-order valence-corrected chi connectivity index (χ3v) is 1.74. The van der Waals surface area contributed by atoms with Crippen molar-refractivity contribution in [3.63, 3.8) is 0 Å². The maximum absolute atomic E-state index is 10.9. The predicted molar refractivity (Wildman–Crippen MR) is 64.1 cm³/mol. The summed E-state index contributed by atoms with van der Waals surface area (Å²) in [6.07, 6.45) is 0.637. The number of carbonyl (C=O) groups excluding carboxylic acids is 2. The molecule has 0 saturated carbocycles. The number of Topliss-reactive ketones (excluding diaryl/α,β-unsaturated/α-hetero) is 1. The monoisotopic (exact) mass is 260 g/mol. The molecule has 6 nitrogen and oxygen atoms in total. The SMILES string of the molecule is C=CCOC[C@H](O)COCCOC(=O)CC(C)=O. The van der Waals surface area contributed by atoms with Crippen LogP contribution in [0.4, 0.5) is 0 Å². The Balaban J connectivity index is 3.36. The number of aliphatic hydroxyl groups is 1. The number of aliphatic hydroxyl groups excluding tert-OH is 1. The van der Waals surface area contributed by atoms with E-state index in [9.17, 15) is 14.7 Å². The van der Waals surface area contributed by atoms with Gasteiger partial charge in [-0.15, -0.1) is 6.58 Å². The molecule has 0 bridgehead atoms. The molecule has 0 fully saturated rings. The Kier molecular flexibility index (Phi) is 10.1. The molecule has 6 heteroatoms. The minimum atomic E-state index is -0.724. The van der Waals surface area contributed by atoms with E-state index in [0.29, 0.717) is 6.61 Å². The molecule has 0 spiro atoms. The average molecular weight is 260 g/mol. The van der Waals surface area contributed by atoms with Crippen molar-refractivity contribution >= 4 is 11.8 Å². The first-order valence-corrected chi connectivity index (χ1v) is 5.65. The smallest absolute Gasteiger partial charge is 0.313 e. The first-order chi connectivity index (χ1) is 8.56. The molecule has 18 heavy (non-hydrogen) atoms. The van der Waals surface area contributed by atoms with Crippen LogP contribution >= 0.6 is 0 Å². The van der Waals surface area contributed by atoms with Crippen LogP contribution in [-0.4, -0.2) is 56.0 Å². The van der Waals surface area contributed by atoms with Crippen LogP contribution in [-0.2, 0) is 23.8 Å². The second kappa shape index (κ2) is 10.9. The van der Waals surface area contributed by atoms with Crippen molar-refractivity contribution in [2.24, 2.45) is 0 Å². The van der Waals surface area contributed by atoms with E-state index in [2.05, 4.69) is 6.58 Å². The first-order valence-electron chi connectivity index (χ1n) is 5.65. The van der Waals surface area contributed by atoms with Gasteiger partial charge in [0.15, 0.2) is 0 Å². The second-order valence-electron chi connectivity index (χ2n) is 3.65. The summed E-state index contributed by atoms with van der Waals surface area (Å²) in [5.41, 5.74) is 0. The normalized spacial score (nSPS) is 11.9. The zero-order valence-corrected chi connectivity index (χ0v) is 10.6. The first kappa shape index (κ1) is 16.8. The molecule has 0 aromatic heterocycles. The molecule has 0 heterocycles. The second-order valence-corrected chi connectivity index (χ2v) is 3.65. The number of ketones is 1. The van der Waals surface area contributed by atoms with Gasteiger partial charge < -0.3 is 19.3 Å². The summed E-state index contributed by atoms with van der Waals surface area (Å²) in [6.45, 7) is 5.65. The topological polar surface area (TPSA) is 82.1 Å². The van der Waals surface area contributed by atoms with Crippen molar-refractivity contribution < 1.29 is 28.9 Å². The molecule has 0 aliphatic rings. The third-order valence-electron chi connectivity index (χ3n) is 1.74. The largest absolute Gasteiger partial charge is 0.463 e. The summed E-state index contributed by atoms with van der Waals surface area (Å²) in [5, 5.41) is 9.37. The highest BCUT2D eigenvalue weighted by molar-refractivity contribution is 5.94. The summed E-state index contributed by atoms with van der Waals surface area (Å²) in [7, 11) is 0. The van der Waals surface area contributed by atoms with Crippen LogP contribution in [0.1, 0.15) is 13.3 Å². The summed E-state index contributed by atoms with van der Waals surface area (Å²) >= 11 is 0. The zero-order valence-electron chi connectivity index (χ0n) is 10.6. The third kappa shape index (κ3) is 11.3. The van der Waals surface area contributed by atoms with Crippen LogP contribution in [0.25, 0.3) is 0 Å². The van der Waals surface area contributed by atoms with Crippen LogP contribution in [0.5, 0.6) is 0 Å². The van der Waals surface area contributed by atoms with Gasteiger partial charge in [0.25, 0.3) is 0 Å². The number of carbonyl (C=O) groups is 2. The van der Waals surface area contributed by atoms with Gasteiger partial charge in [-0.25, -0.2) is 0 Å². The van der Waals surface area contributed by atoms with Crippen molar-refractivity contribution in [1.82, 2.24) is 0 Å². The molecular formula is C12H20O6. The quantitative estimate of drug-likeness (QED) is 0.245. The number of hydrogen-bond acceptors (Lipinski definition) is 6. The molecule has 0 saturated heterocycles. The Hall–Kier alpha value is -1.24. The lowest BCUT2D eigenvalue weighted by molar-refractivity contribution is -0.147. The molecule has 104 valence electrons. The number of esters is 1. The van der Waals surface area contributed by atoms with Crippen molar-refractivity contribution in [2.45, 2.75) is 19.4 Å². The standard InChI is InChI=1S/C12H20O6/c1-3-4-16-8-11(14)9-17-5-6-18-12(15)7-10(2)13/h3,11,14H,1,4-9H2,2H3/t11-/m0/s1. The maximum atomic E-state index is 10.9. The molecule has 0 rings (SSSR count). The molecule has 0 aliphatic carbocycles. The van der Waals surface area contributed by atoms with Gasteiger partial charge in [0, 0.05) is 0 Å². The van der Waals surface area contributed by atoms with Crippen LogP contribution in [0, 0.1) is 0 Å². The lowest BCUT2D eigenvalue weighted by Crippen LogP contribution is -2.23. The summed E-state index contributed by atoms with van der Waals surface area (Å²) < 4.78 is 14.8. The van der Waals surface area contributed by atoms with Gasteiger partial charge in [0.2, 0.25) is 0 Å². The van der Waals surface area contributed by atoms with Crippen molar-refractivity contribution in [3.8, 4) is 0 Å². The minimum Gasteiger partial charge on any atom is -0.463 e. The Morgan fingerprint density at radius 3 is 2.56 bits per heavy atom.